The molecule has 0 radical (unpaired) electrons. The van der Waals surface area contributed by atoms with Gasteiger partial charge in [-0.1, -0.05) is 6.92 Å². The van der Waals surface area contributed by atoms with Gasteiger partial charge in [0.15, 0.2) is 0 Å². The van der Waals surface area contributed by atoms with Crippen molar-refractivity contribution >= 4 is 12.0 Å². The van der Waals surface area contributed by atoms with Crippen molar-refractivity contribution in [1.82, 2.24) is 15.1 Å². The van der Waals surface area contributed by atoms with Gasteiger partial charge in [-0.15, -0.1) is 0 Å². The molecule has 6 heteroatoms. The zero-order chi connectivity index (χ0) is 12.4. The van der Waals surface area contributed by atoms with Crippen molar-refractivity contribution in [2.45, 2.75) is 6.92 Å². The third kappa shape index (κ3) is 2.52. The summed E-state index contributed by atoms with van der Waals surface area (Å²) >= 11 is 0. The molecule has 2 rings (SSSR count). The van der Waals surface area contributed by atoms with Gasteiger partial charge < -0.3 is 20.2 Å². The summed E-state index contributed by atoms with van der Waals surface area (Å²) in [5, 5.41) is 12.1. The Labute approximate surface area is 101 Å². The lowest BCUT2D eigenvalue weighted by Crippen LogP contribution is -2.59. The maximum Gasteiger partial charge on any atom is 0.320 e. The lowest BCUT2D eigenvalue weighted by atomic mass is 9.87. The summed E-state index contributed by atoms with van der Waals surface area (Å²) in [6, 6.07) is 0.0559. The first-order valence-corrected chi connectivity index (χ1v) is 6.07. The van der Waals surface area contributed by atoms with E-state index < -0.39 is 5.97 Å². The van der Waals surface area contributed by atoms with E-state index >= 15 is 0 Å². The van der Waals surface area contributed by atoms with Crippen molar-refractivity contribution in [3.05, 3.63) is 0 Å². The molecule has 0 spiro atoms. The first-order chi connectivity index (χ1) is 8.09. The molecule has 2 fully saturated rings. The molecule has 2 saturated heterocycles. The number of likely N-dealkylation sites (tertiary alicyclic amines) is 1. The molecule has 1 unspecified atom stereocenters. The summed E-state index contributed by atoms with van der Waals surface area (Å²) < 4.78 is 0. The van der Waals surface area contributed by atoms with Crippen LogP contribution in [0.4, 0.5) is 4.79 Å². The quantitative estimate of drug-likeness (QED) is 0.694. The van der Waals surface area contributed by atoms with Crippen LogP contribution in [0.5, 0.6) is 0 Å². The third-order valence-electron chi connectivity index (χ3n) is 3.66. The number of urea groups is 1. The number of aliphatic carboxylic acids is 1. The van der Waals surface area contributed by atoms with Crippen molar-refractivity contribution in [3.8, 4) is 0 Å². The fourth-order valence-corrected chi connectivity index (χ4v) is 2.24. The van der Waals surface area contributed by atoms with Gasteiger partial charge in [0, 0.05) is 45.2 Å². The van der Waals surface area contributed by atoms with Gasteiger partial charge in [0.1, 0.15) is 0 Å². The van der Waals surface area contributed by atoms with Gasteiger partial charge in [-0.3, -0.25) is 4.79 Å². The Morgan fingerprint density at radius 1 is 1.24 bits per heavy atom. The Balaban J connectivity index is 1.78. The molecule has 0 aliphatic carbocycles. The molecule has 2 N–H and O–H groups in total. The minimum atomic E-state index is -0.774. The molecule has 0 aromatic rings. The molecule has 0 aromatic heterocycles. The van der Waals surface area contributed by atoms with Crippen LogP contribution in [0.15, 0.2) is 0 Å². The molecule has 2 heterocycles. The average molecular weight is 241 g/mol. The van der Waals surface area contributed by atoms with Gasteiger partial charge >= 0.3 is 12.0 Å². The fourth-order valence-electron chi connectivity index (χ4n) is 2.24. The van der Waals surface area contributed by atoms with E-state index in [1.165, 1.54) is 0 Å². The number of carbonyl (C=O) groups excluding carboxylic acids is 1. The summed E-state index contributed by atoms with van der Waals surface area (Å²) in [5.74, 6) is -1.02. The second-order valence-corrected chi connectivity index (χ2v) is 4.81. The number of piperazine rings is 1. The summed E-state index contributed by atoms with van der Waals surface area (Å²) in [7, 11) is 0. The standard InChI is InChI=1S/C11H19N3O3/c1-8(10(15)16)9-6-14(7-9)11(17)13-4-2-12-3-5-13/h8-9,12H,2-7H2,1H3,(H,15,16). The lowest BCUT2D eigenvalue weighted by molar-refractivity contribution is -0.144. The van der Waals surface area contributed by atoms with Gasteiger partial charge in [-0.25, -0.2) is 4.79 Å². The Morgan fingerprint density at radius 2 is 1.82 bits per heavy atom. The molecule has 0 bridgehead atoms. The molecular formula is C11H19N3O3. The van der Waals surface area contributed by atoms with Crippen LogP contribution in [0.2, 0.25) is 0 Å². The maximum atomic E-state index is 12.0. The van der Waals surface area contributed by atoms with Crippen LogP contribution in [0.3, 0.4) is 0 Å². The molecule has 2 aliphatic heterocycles. The van der Waals surface area contributed by atoms with E-state index in [1.807, 2.05) is 4.90 Å². The van der Waals surface area contributed by atoms with E-state index in [0.29, 0.717) is 13.1 Å². The van der Waals surface area contributed by atoms with E-state index in [1.54, 1.807) is 11.8 Å². The van der Waals surface area contributed by atoms with Crippen molar-refractivity contribution in [1.29, 1.82) is 0 Å². The van der Waals surface area contributed by atoms with Crippen LogP contribution in [0.1, 0.15) is 6.92 Å². The van der Waals surface area contributed by atoms with Gasteiger partial charge in [-0.05, 0) is 0 Å². The molecule has 96 valence electrons. The van der Waals surface area contributed by atoms with Crippen molar-refractivity contribution in [2.75, 3.05) is 39.3 Å². The van der Waals surface area contributed by atoms with Crippen LogP contribution in [0, 0.1) is 11.8 Å². The minimum absolute atomic E-state index is 0.0559. The predicted octanol–water partition coefficient (Wildman–Crippen LogP) is -0.336. The third-order valence-corrected chi connectivity index (χ3v) is 3.66. The number of rotatable bonds is 2. The normalized spacial score (nSPS) is 23.1. The van der Waals surface area contributed by atoms with Crippen LogP contribution in [-0.2, 0) is 4.79 Å². The highest BCUT2D eigenvalue weighted by molar-refractivity contribution is 5.76. The molecule has 2 amide bonds. The molecule has 1 atom stereocenters. The largest absolute Gasteiger partial charge is 0.481 e. The Hall–Kier alpha value is -1.30. The topological polar surface area (TPSA) is 72.9 Å². The lowest BCUT2D eigenvalue weighted by Gasteiger charge is -2.44. The predicted molar refractivity (Wildman–Crippen MR) is 61.7 cm³/mol. The van der Waals surface area contributed by atoms with E-state index in [4.69, 9.17) is 5.11 Å². The van der Waals surface area contributed by atoms with Gasteiger partial charge in [0.2, 0.25) is 0 Å². The van der Waals surface area contributed by atoms with E-state index in [2.05, 4.69) is 5.32 Å². The number of carboxylic acids is 1. The molecule has 0 saturated carbocycles. The summed E-state index contributed by atoms with van der Waals surface area (Å²) in [4.78, 5) is 26.4. The fraction of sp³-hybridized carbons (Fsp3) is 0.818. The van der Waals surface area contributed by atoms with Gasteiger partial charge in [0.25, 0.3) is 0 Å². The number of amides is 2. The minimum Gasteiger partial charge on any atom is -0.481 e. The Kier molecular flexibility index (Phi) is 3.51. The highest BCUT2D eigenvalue weighted by Crippen LogP contribution is 2.25. The summed E-state index contributed by atoms with van der Waals surface area (Å²) in [6.07, 6.45) is 0. The van der Waals surface area contributed by atoms with Gasteiger partial charge in [0.05, 0.1) is 5.92 Å². The number of hydrogen-bond donors (Lipinski definition) is 2. The SMILES string of the molecule is CC(C(=O)O)C1CN(C(=O)N2CCNCC2)C1. The van der Waals surface area contributed by atoms with Crippen molar-refractivity contribution < 1.29 is 14.7 Å². The summed E-state index contributed by atoms with van der Waals surface area (Å²) in [5.41, 5.74) is 0. The second kappa shape index (κ2) is 4.91. The van der Waals surface area contributed by atoms with Crippen molar-refractivity contribution in [2.24, 2.45) is 11.8 Å². The highest BCUT2D eigenvalue weighted by Gasteiger charge is 2.38. The number of hydrogen-bond acceptors (Lipinski definition) is 3. The molecular weight excluding hydrogens is 222 g/mol. The first-order valence-electron chi connectivity index (χ1n) is 6.07. The van der Waals surface area contributed by atoms with E-state index in [9.17, 15) is 9.59 Å². The Bertz CT molecular complexity index is 309. The molecule has 17 heavy (non-hydrogen) atoms. The maximum absolute atomic E-state index is 12.0. The monoisotopic (exact) mass is 241 g/mol. The zero-order valence-electron chi connectivity index (χ0n) is 10.1. The number of carboxylic acid groups (broad SMARTS) is 1. The van der Waals surface area contributed by atoms with E-state index in [-0.39, 0.29) is 17.9 Å². The number of carbonyl (C=O) groups is 2. The molecule has 0 aromatic carbocycles. The first kappa shape index (κ1) is 12.2. The van der Waals surface area contributed by atoms with Gasteiger partial charge in [-0.2, -0.15) is 0 Å². The molecule has 6 nitrogen and oxygen atoms in total. The van der Waals surface area contributed by atoms with Crippen LogP contribution in [-0.4, -0.2) is 66.2 Å². The average Bonchev–Trinajstić information content (AvgIpc) is 2.27. The van der Waals surface area contributed by atoms with Crippen LogP contribution < -0.4 is 5.32 Å². The number of nitrogens with zero attached hydrogens (tertiary/aromatic N) is 2. The number of nitrogens with one attached hydrogen (secondary N) is 1. The van der Waals surface area contributed by atoms with Crippen LogP contribution in [0.25, 0.3) is 0 Å². The Morgan fingerprint density at radius 3 is 2.35 bits per heavy atom. The summed E-state index contributed by atoms with van der Waals surface area (Å²) in [6.45, 7) is 6.04. The van der Waals surface area contributed by atoms with Crippen LogP contribution >= 0.6 is 0 Å². The van der Waals surface area contributed by atoms with Crippen molar-refractivity contribution in [3.63, 3.8) is 0 Å². The second-order valence-electron chi connectivity index (χ2n) is 4.81. The zero-order valence-corrected chi connectivity index (χ0v) is 10.1. The highest BCUT2D eigenvalue weighted by atomic mass is 16.4. The smallest absolute Gasteiger partial charge is 0.320 e. The molecule has 2 aliphatic rings. The van der Waals surface area contributed by atoms with E-state index in [0.717, 1.165) is 26.2 Å².